The Morgan fingerprint density at radius 3 is 2.74 bits per heavy atom. The highest BCUT2D eigenvalue weighted by Gasteiger charge is 2.34. The van der Waals surface area contributed by atoms with Gasteiger partial charge in [-0.25, -0.2) is 9.78 Å². The van der Waals surface area contributed by atoms with E-state index in [0.29, 0.717) is 23.3 Å². The van der Waals surface area contributed by atoms with Crippen molar-refractivity contribution in [2.75, 3.05) is 20.2 Å². The number of fused-ring (bicyclic) bond motifs is 4. The highest BCUT2D eigenvalue weighted by molar-refractivity contribution is 5.89. The summed E-state index contributed by atoms with van der Waals surface area (Å²) >= 11 is 0. The maximum absolute atomic E-state index is 12.2. The third-order valence-electron chi connectivity index (χ3n) is 6.37. The van der Waals surface area contributed by atoms with Gasteiger partial charge in [0.25, 0.3) is 5.56 Å². The third kappa shape index (κ3) is 3.70. The first-order chi connectivity index (χ1) is 15.0. The summed E-state index contributed by atoms with van der Waals surface area (Å²) in [6.45, 7) is 5.31. The minimum absolute atomic E-state index is 0.107. The molecule has 1 aromatic carbocycles. The summed E-state index contributed by atoms with van der Waals surface area (Å²) < 4.78 is 12.6. The van der Waals surface area contributed by atoms with Crippen molar-refractivity contribution in [3.05, 3.63) is 75.5 Å². The molecule has 2 unspecified atom stereocenters. The molecule has 2 bridgehead atoms. The molecular weight excluding hydrogens is 394 g/mol. The van der Waals surface area contributed by atoms with Gasteiger partial charge in [-0.1, -0.05) is 6.07 Å². The van der Waals surface area contributed by atoms with Gasteiger partial charge in [-0.3, -0.25) is 9.69 Å². The molecule has 2 aliphatic heterocycles. The van der Waals surface area contributed by atoms with E-state index in [9.17, 15) is 9.59 Å². The van der Waals surface area contributed by atoms with Gasteiger partial charge < -0.3 is 13.7 Å². The molecule has 0 saturated carbocycles. The number of aromatic nitrogens is 2. The molecule has 7 heteroatoms. The van der Waals surface area contributed by atoms with E-state index >= 15 is 0 Å². The van der Waals surface area contributed by atoms with E-state index in [1.807, 2.05) is 29.7 Å². The van der Waals surface area contributed by atoms with Crippen molar-refractivity contribution in [2.24, 2.45) is 5.92 Å². The Morgan fingerprint density at radius 1 is 1.16 bits per heavy atom. The van der Waals surface area contributed by atoms with Crippen molar-refractivity contribution in [2.45, 2.75) is 32.4 Å². The molecule has 2 aliphatic rings. The molecule has 160 valence electrons. The molecule has 1 saturated heterocycles. The van der Waals surface area contributed by atoms with E-state index in [4.69, 9.17) is 14.1 Å². The molecule has 2 aromatic heterocycles. The average molecular weight is 419 g/mol. The Kier molecular flexibility index (Phi) is 4.98. The number of piperidine rings is 1. The van der Waals surface area contributed by atoms with Crippen molar-refractivity contribution < 1.29 is 13.9 Å². The largest absolute Gasteiger partial charge is 0.465 e. The molecule has 0 amide bonds. The Balaban J connectivity index is 1.33. The number of pyridine rings is 1. The lowest BCUT2D eigenvalue weighted by Crippen LogP contribution is -2.46. The van der Waals surface area contributed by atoms with Crippen LogP contribution < -0.4 is 5.56 Å². The summed E-state index contributed by atoms with van der Waals surface area (Å²) in [5.74, 6) is 1.84. The molecule has 0 aliphatic carbocycles. The number of oxazole rings is 1. The SMILES string of the molecule is COC(=O)c1ccc(-c2nc(CN3CC4CC(C3)c3cccc(=O)n3C4)c(C)o2)cc1. The van der Waals surface area contributed by atoms with Gasteiger partial charge in [-0.05, 0) is 49.6 Å². The zero-order valence-electron chi connectivity index (χ0n) is 17.7. The van der Waals surface area contributed by atoms with Crippen LogP contribution in [0.15, 0.2) is 51.7 Å². The van der Waals surface area contributed by atoms with E-state index < -0.39 is 0 Å². The van der Waals surface area contributed by atoms with Crippen LogP contribution in [0.5, 0.6) is 0 Å². The van der Waals surface area contributed by atoms with Gasteiger partial charge in [-0.2, -0.15) is 0 Å². The Bertz CT molecular complexity index is 1180. The summed E-state index contributed by atoms with van der Waals surface area (Å²) in [6, 6.07) is 12.7. The first-order valence-corrected chi connectivity index (χ1v) is 10.6. The Labute approximate surface area is 180 Å². The molecule has 3 aromatic rings. The molecule has 2 atom stereocenters. The van der Waals surface area contributed by atoms with Crippen molar-refractivity contribution >= 4 is 5.97 Å². The summed E-state index contributed by atoms with van der Waals surface area (Å²) in [5, 5.41) is 0. The molecular formula is C24H25N3O4. The number of nitrogens with zero attached hydrogens (tertiary/aromatic N) is 3. The summed E-state index contributed by atoms with van der Waals surface area (Å²) in [5.41, 5.74) is 3.50. The van der Waals surface area contributed by atoms with Gasteiger partial charge in [0.15, 0.2) is 0 Å². The Morgan fingerprint density at radius 2 is 1.97 bits per heavy atom. The fraction of sp³-hybridized carbons (Fsp3) is 0.375. The second-order valence-electron chi connectivity index (χ2n) is 8.48. The van der Waals surface area contributed by atoms with Gasteiger partial charge in [0.05, 0.1) is 18.4 Å². The predicted octanol–water partition coefficient (Wildman–Crippen LogP) is 3.22. The quantitative estimate of drug-likeness (QED) is 0.605. The topological polar surface area (TPSA) is 77.6 Å². The van der Waals surface area contributed by atoms with Gasteiger partial charge in [0.1, 0.15) is 5.76 Å². The normalized spacial score (nSPS) is 20.3. The molecule has 1 fully saturated rings. The fourth-order valence-corrected chi connectivity index (χ4v) is 4.90. The van der Waals surface area contributed by atoms with Crippen LogP contribution in [-0.2, 0) is 17.8 Å². The van der Waals surface area contributed by atoms with E-state index in [1.165, 1.54) is 7.11 Å². The lowest BCUT2D eigenvalue weighted by molar-refractivity contribution is 0.0600. The highest BCUT2D eigenvalue weighted by Crippen LogP contribution is 2.35. The number of carbonyl (C=O) groups is 1. The number of hydrogen-bond donors (Lipinski definition) is 0. The zero-order chi connectivity index (χ0) is 21.5. The first-order valence-electron chi connectivity index (χ1n) is 10.6. The van der Waals surface area contributed by atoms with Crippen LogP contribution in [0, 0.1) is 12.8 Å². The smallest absolute Gasteiger partial charge is 0.337 e. The van der Waals surface area contributed by atoms with Crippen molar-refractivity contribution in [1.29, 1.82) is 0 Å². The highest BCUT2D eigenvalue weighted by atomic mass is 16.5. The van der Waals surface area contributed by atoms with Crippen LogP contribution in [0.2, 0.25) is 0 Å². The van der Waals surface area contributed by atoms with Crippen LogP contribution >= 0.6 is 0 Å². The number of aryl methyl sites for hydroxylation is 1. The second-order valence-corrected chi connectivity index (χ2v) is 8.48. The number of methoxy groups -OCH3 is 1. The number of rotatable bonds is 4. The van der Waals surface area contributed by atoms with Crippen LogP contribution in [-0.4, -0.2) is 40.6 Å². The summed E-state index contributed by atoms with van der Waals surface area (Å²) in [6.07, 6.45) is 1.13. The van der Waals surface area contributed by atoms with Gasteiger partial charge in [0.2, 0.25) is 5.89 Å². The third-order valence-corrected chi connectivity index (χ3v) is 6.37. The fourth-order valence-electron chi connectivity index (χ4n) is 4.90. The maximum Gasteiger partial charge on any atom is 0.337 e. The number of esters is 1. The van der Waals surface area contributed by atoms with E-state index in [0.717, 1.165) is 55.3 Å². The number of likely N-dealkylation sites (tertiary alicyclic amines) is 1. The molecule has 0 N–H and O–H groups in total. The van der Waals surface area contributed by atoms with Crippen molar-refractivity contribution in [1.82, 2.24) is 14.5 Å². The lowest BCUT2D eigenvalue weighted by atomic mass is 9.83. The maximum atomic E-state index is 12.2. The van der Waals surface area contributed by atoms with Crippen LogP contribution in [0.25, 0.3) is 11.5 Å². The van der Waals surface area contributed by atoms with Crippen LogP contribution in [0.3, 0.4) is 0 Å². The monoisotopic (exact) mass is 419 g/mol. The minimum atomic E-state index is -0.365. The molecule has 5 rings (SSSR count). The summed E-state index contributed by atoms with van der Waals surface area (Å²) in [4.78, 5) is 31.0. The van der Waals surface area contributed by atoms with E-state index in [-0.39, 0.29) is 11.5 Å². The van der Waals surface area contributed by atoms with Crippen LogP contribution in [0.4, 0.5) is 0 Å². The molecule has 31 heavy (non-hydrogen) atoms. The number of ether oxygens (including phenoxy) is 1. The lowest BCUT2D eigenvalue weighted by Gasteiger charge is -2.42. The standard InChI is InChI=1S/C24H25N3O4/c1-15-20(25-23(31-15)17-6-8-18(9-7-17)24(29)30-2)14-26-11-16-10-19(13-26)21-4-3-5-22(28)27(21)12-16/h3-9,16,19H,10-14H2,1-2H3. The molecule has 0 radical (unpaired) electrons. The van der Waals surface area contributed by atoms with Crippen molar-refractivity contribution in [3.63, 3.8) is 0 Å². The minimum Gasteiger partial charge on any atom is -0.465 e. The zero-order valence-corrected chi connectivity index (χ0v) is 17.7. The number of benzene rings is 1. The predicted molar refractivity (Wildman–Crippen MR) is 115 cm³/mol. The first kappa shape index (κ1) is 19.8. The molecule has 7 nitrogen and oxygen atoms in total. The van der Waals surface area contributed by atoms with Gasteiger partial charge in [-0.15, -0.1) is 0 Å². The average Bonchev–Trinajstić information content (AvgIpc) is 3.14. The van der Waals surface area contributed by atoms with Crippen molar-refractivity contribution in [3.8, 4) is 11.5 Å². The second kappa shape index (κ2) is 7.81. The Hall–Kier alpha value is -3.19. The molecule has 0 spiro atoms. The van der Waals surface area contributed by atoms with Gasteiger partial charge in [0, 0.05) is 49.4 Å². The van der Waals surface area contributed by atoms with Gasteiger partial charge >= 0.3 is 5.97 Å². The van der Waals surface area contributed by atoms with E-state index in [1.54, 1.807) is 18.2 Å². The number of hydrogen-bond acceptors (Lipinski definition) is 6. The summed E-state index contributed by atoms with van der Waals surface area (Å²) in [7, 11) is 1.37. The van der Waals surface area contributed by atoms with Crippen LogP contribution in [0.1, 0.15) is 39.8 Å². The van der Waals surface area contributed by atoms with E-state index in [2.05, 4.69) is 11.0 Å². The number of carbonyl (C=O) groups excluding carboxylic acids is 1. The molecule has 4 heterocycles.